The summed E-state index contributed by atoms with van der Waals surface area (Å²) in [5.41, 5.74) is 4.62. The van der Waals surface area contributed by atoms with Crippen LogP contribution in [0, 0.1) is 12.8 Å². The molecular formula is C26H29N3O4. The number of carbonyl (C=O) groups is 2. The number of benzene rings is 2. The van der Waals surface area contributed by atoms with E-state index in [0.29, 0.717) is 50.5 Å². The number of ether oxygens (including phenoxy) is 1. The number of nitrogens with one attached hydrogen (secondary N) is 1. The first-order valence-corrected chi connectivity index (χ1v) is 11.2. The van der Waals surface area contributed by atoms with Gasteiger partial charge in [0.05, 0.1) is 13.0 Å². The molecule has 2 aromatic carbocycles. The number of rotatable bonds is 7. The molecule has 7 heteroatoms. The fourth-order valence-electron chi connectivity index (χ4n) is 4.12. The third kappa shape index (κ3) is 5.80. The molecule has 1 saturated heterocycles. The summed E-state index contributed by atoms with van der Waals surface area (Å²) in [6.45, 7) is 3.46. The highest BCUT2D eigenvalue weighted by atomic mass is 16.5. The first-order chi connectivity index (χ1) is 16.0. The predicted molar refractivity (Wildman–Crippen MR) is 125 cm³/mol. The SMILES string of the molecule is COc1cc(CCC(=O)N2CCNC(=O)[C@H](Cc3ccc(-c4cccc(C)c4)cc3)C2)on1. The van der Waals surface area contributed by atoms with Crippen LogP contribution in [0.25, 0.3) is 11.1 Å². The second-order valence-corrected chi connectivity index (χ2v) is 8.43. The molecule has 4 rings (SSSR count). The zero-order valence-corrected chi connectivity index (χ0v) is 19.0. The number of nitrogens with zero attached hydrogens (tertiary/aromatic N) is 2. The summed E-state index contributed by atoms with van der Waals surface area (Å²) in [7, 11) is 1.52. The van der Waals surface area contributed by atoms with E-state index >= 15 is 0 Å². The molecule has 1 aromatic heterocycles. The van der Waals surface area contributed by atoms with Gasteiger partial charge in [-0.2, -0.15) is 0 Å². The number of hydrogen-bond acceptors (Lipinski definition) is 5. The molecule has 1 fully saturated rings. The van der Waals surface area contributed by atoms with E-state index in [1.807, 2.05) is 0 Å². The maximum Gasteiger partial charge on any atom is 0.254 e. The Morgan fingerprint density at radius 3 is 2.73 bits per heavy atom. The third-order valence-corrected chi connectivity index (χ3v) is 5.96. The molecule has 1 aliphatic rings. The molecule has 2 amide bonds. The number of methoxy groups -OCH3 is 1. The molecule has 172 valence electrons. The van der Waals surface area contributed by atoms with Crippen LogP contribution in [0.2, 0.25) is 0 Å². The Hall–Kier alpha value is -3.61. The summed E-state index contributed by atoms with van der Waals surface area (Å²) in [4.78, 5) is 27.2. The number of carbonyl (C=O) groups excluding carboxylic acids is 2. The minimum atomic E-state index is -0.286. The lowest BCUT2D eigenvalue weighted by Crippen LogP contribution is -2.37. The first kappa shape index (κ1) is 22.6. The fourth-order valence-corrected chi connectivity index (χ4v) is 4.12. The Balaban J connectivity index is 1.38. The number of aromatic nitrogens is 1. The highest BCUT2D eigenvalue weighted by Crippen LogP contribution is 2.22. The lowest BCUT2D eigenvalue weighted by molar-refractivity contribution is -0.132. The fraction of sp³-hybridized carbons (Fsp3) is 0.346. The smallest absolute Gasteiger partial charge is 0.254 e. The largest absolute Gasteiger partial charge is 0.479 e. The highest BCUT2D eigenvalue weighted by molar-refractivity contribution is 5.82. The molecule has 0 radical (unpaired) electrons. The van der Waals surface area contributed by atoms with E-state index in [-0.39, 0.29) is 17.7 Å². The van der Waals surface area contributed by atoms with Crippen molar-refractivity contribution < 1.29 is 18.8 Å². The van der Waals surface area contributed by atoms with Crippen LogP contribution in [0.4, 0.5) is 0 Å². The number of amides is 2. The molecule has 0 bridgehead atoms. The van der Waals surface area contributed by atoms with Crippen molar-refractivity contribution in [3.8, 4) is 17.0 Å². The van der Waals surface area contributed by atoms with Gasteiger partial charge < -0.3 is 19.5 Å². The van der Waals surface area contributed by atoms with Gasteiger partial charge in [-0.05, 0) is 35.2 Å². The summed E-state index contributed by atoms with van der Waals surface area (Å²) in [6, 6.07) is 18.4. The Labute approximate surface area is 193 Å². The molecule has 0 saturated carbocycles. The molecule has 0 aliphatic carbocycles. The van der Waals surface area contributed by atoms with Crippen molar-refractivity contribution in [2.45, 2.75) is 26.2 Å². The van der Waals surface area contributed by atoms with Gasteiger partial charge in [-0.3, -0.25) is 9.59 Å². The van der Waals surface area contributed by atoms with E-state index in [1.165, 1.54) is 18.2 Å². The summed E-state index contributed by atoms with van der Waals surface area (Å²) < 4.78 is 10.2. The van der Waals surface area contributed by atoms with Gasteiger partial charge in [-0.1, -0.05) is 54.1 Å². The first-order valence-electron chi connectivity index (χ1n) is 11.2. The summed E-state index contributed by atoms with van der Waals surface area (Å²) in [5.74, 6) is 0.714. The molecule has 3 aromatic rings. The Bertz CT molecular complexity index is 1110. The highest BCUT2D eigenvalue weighted by Gasteiger charge is 2.27. The van der Waals surface area contributed by atoms with Crippen LogP contribution in [0.1, 0.15) is 23.3 Å². The van der Waals surface area contributed by atoms with Crippen LogP contribution in [0.15, 0.2) is 59.1 Å². The van der Waals surface area contributed by atoms with Gasteiger partial charge in [0, 0.05) is 38.5 Å². The van der Waals surface area contributed by atoms with E-state index < -0.39 is 0 Å². The average molecular weight is 448 g/mol. The normalized spacial score (nSPS) is 16.2. The molecular weight excluding hydrogens is 418 g/mol. The van der Waals surface area contributed by atoms with Crippen LogP contribution in [-0.2, 0) is 22.4 Å². The monoisotopic (exact) mass is 447 g/mol. The quantitative estimate of drug-likeness (QED) is 0.600. The lowest BCUT2D eigenvalue weighted by Gasteiger charge is -2.23. The molecule has 0 unspecified atom stereocenters. The molecule has 33 heavy (non-hydrogen) atoms. The van der Waals surface area contributed by atoms with Crippen molar-refractivity contribution >= 4 is 11.8 Å². The minimum Gasteiger partial charge on any atom is -0.479 e. The van der Waals surface area contributed by atoms with Crippen LogP contribution in [-0.4, -0.2) is 48.6 Å². The second-order valence-electron chi connectivity index (χ2n) is 8.43. The topological polar surface area (TPSA) is 84.7 Å². The van der Waals surface area contributed by atoms with Gasteiger partial charge in [-0.25, -0.2) is 0 Å². The second kappa shape index (κ2) is 10.3. The Morgan fingerprint density at radius 1 is 1.18 bits per heavy atom. The number of aryl methyl sites for hydroxylation is 2. The summed E-state index contributed by atoms with van der Waals surface area (Å²) in [6.07, 6.45) is 1.33. The van der Waals surface area contributed by atoms with Gasteiger partial charge in [-0.15, -0.1) is 0 Å². The maximum absolute atomic E-state index is 12.8. The molecule has 1 aliphatic heterocycles. The van der Waals surface area contributed by atoms with Crippen molar-refractivity contribution in [1.82, 2.24) is 15.4 Å². The molecule has 7 nitrogen and oxygen atoms in total. The Morgan fingerprint density at radius 2 is 2.00 bits per heavy atom. The molecule has 2 heterocycles. The van der Waals surface area contributed by atoms with Crippen molar-refractivity contribution in [1.29, 1.82) is 0 Å². The van der Waals surface area contributed by atoms with Gasteiger partial charge >= 0.3 is 0 Å². The van der Waals surface area contributed by atoms with Crippen molar-refractivity contribution in [2.24, 2.45) is 5.92 Å². The van der Waals surface area contributed by atoms with Gasteiger partial charge in [0.1, 0.15) is 5.76 Å². The van der Waals surface area contributed by atoms with Gasteiger partial charge in [0.25, 0.3) is 5.88 Å². The van der Waals surface area contributed by atoms with E-state index in [2.05, 4.69) is 65.9 Å². The van der Waals surface area contributed by atoms with Gasteiger partial charge in [0.15, 0.2) is 0 Å². The van der Waals surface area contributed by atoms with E-state index in [9.17, 15) is 9.59 Å². The maximum atomic E-state index is 12.8. The zero-order valence-electron chi connectivity index (χ0n) is 19.0. The summed E-state index contributed by atoms with van der Waals surface area (Å²) >= 11 is 0. The standard InChI is InChI=1S/C26H29N3O4/c1-18-4-3-5-21(14-18)20-8-6-19(7-9-20)15-22-17-29(13-12-27-26(22)31)25(30)11-10-23-16-24(32-2)28-33-23/h3-9,14,16,22H,10-13,15,17H2,1-2H3,(H,27,31)/t22-/m1/s1. The van der Waals surface area contributed by atoms with E-state index in [0.717, 1.165) is 11.1 Å². The van der Waals surface area contributed by atoms with E-state index in [4.69, 9.17) is 9.26 Å². The van der Waals surface area contributed by atoms with Crippen LogP contribution >= 0.6 is 0 Å². The van der Waals surface area contributed by atoms with Gasteiger partial charge in [0.2, 0.25) is 11.8 Å². The van der Waals surface area contributed by atoms with Crippen LogP contribution < -0.4 is 10.1 Å². The number of hydrogen-bond donors (Lipinski definition) is 1. The predicted octanol–water partition coefficient (Wildman–Crippen LogP) is 3.41. The molecule has 1 atom stereocenters. The Kier molecular flexibility index (Phi) is 7.07. The van der Waals surface area contributed by atoms with E-state index in [1.54, 1.807) is 11.0 Å². The van der Waals surface area contributed by atoms with Crippen molar-refractivity contribution in [3.63, 3.8) is 0 Å². The zero-order chi connectivity index (χ0) is 23.2. The average Bonchev–Trinajstić information content (AvgIpc) is 3.22. The van der Waals surface area contributed by atoms with Crippen LogP contribution in [0.5, 0.6) is 5.88 Å². The molecule has 1 N–H and O–H groups in total. The van der Waals surface area contributed by atoms with Crippen LogP contribution in [0.3, 0.4) is 0 Å². The third-order valence-electron chi connectivity index (χ3n) is 5.96. The van der Waals surface area contributed by atoms with Crippen molar-refractivity contribution in [2.75, 3.05) is 26.7 Å². The summed E-state index contributed by atoms with van der Waals surface area (Å²) in [5, 5.41) is 6.71. The molecule has 0 spiro atoms. The lowest BCUT2D eigenvalue weighted by atomic mass is 9.95. The minimum absolute atomic E-state index is 0.00154. The van der Waals surface area contributed by atoms with Crippen molar-refractivity contribution in [3.05, 3.63) is 71.5 Å².